The zero-order chi connectivity index (χ0) is 14.7. The van der Waals surface area contributed by atoms with Crippen molar-refractivity contribution in [2.45, 2.75) is 6.54 Å². The maximum atomic E-state index is 11.6. The van der Waals surface area contributed by atoms with Crippen LogP contribution in [0.2, 0.25) is 5.02 Å². The Morgan fingerprint density at radius 3 is 2.80 bits per heavy atom. The van der Waals surface area contributed by atoms with Gasteiger partial charge in [-0.25, -0.2) is 10.6 Å². The lowest BCUT2D eigenvalue weighted by atomic mass is 10.2. The third kappa shape index (κ3) is 2.92. The fraction of sp³-hybridized carbons (Fsp3) is 0.0909. The summed E-state index contributed by atoms with van der Waals surface area (Å²) in [5.41, 5.74) is 1.56. The van der Waals surface area contributed by atoms with Crippen LogP contribution in [0.3, 0.4) is 0 Å². The molecule has 0 spiro atoms. The molecule has 0 bridgehead atoms. The van der Waals surface area contributed by atoms with Crippen LogP contribution in [0.5, 0.6) is 0 Å². The summed E-state index contributed by atoms with van der Waals surface area (Å²) >= 11 is 5.65. The molecule has 2 rings (SSSR count). The average Bonchev–Trinajstić information content (AvgIpc) is 2.44. The Bertz CT molecular complexity index is 750. The summed E-state index contributed by atoms with van der Waals surface area (Å²) in [6.07, 6.45) is 2.56. The van der Waals surface area contributed by atoms with Crippen LogP contribution in [0, 0.1) is 0 Å². The number of carbonyl (C=O) groups is 1. The molecule has 4 N–H and O–H groups in total. The summed E-state index contributed by atoms with van der Waals surface area (Å²) in [4.78, 5) is 40.0. The third-order valence-electron chi connectivity index (χ3n) is 2.52. The smallest absolute Gasteiger partial charge is 0.293 e. The van der Waals surface area contributed by atoms with Crippen molar-refractivity contribution >= 4 is 17.5 Å². The number of aromatic nitrogens is 3. The van der Waals surface area contributed by atoms with E-state index in [1.807, 2.05) is 5.43 Å². The second kappa shape index (κ2) is 5.68. The number of nitrogens with two attached hydrogens (primary N) is 1. The Kier molecular flexibility index (Phi) is 3.97. The summed E-state index contributed by atoms with van der Waals surface area (Å²) in [6, 6.07) is 3.08. The third-order valence-corrected chi connectivity index (χ3v) is 2.79. The van der Waals surface area contributed by atoms with Gasteiger partial charge in [-0.15, -0.1) is 0 Å². The highest BCUT2D eigenvalue weighted by molar-refractivity contribution is 6.30. The fourth-order valence-electron chi connectivity index (χ4n) is 1.51. The molecule has 104 valence electrons. The van der Waals surface area contributed by atoms with Crippen LogP contribution < -0.4 is 22.5 Å². The first-order chi connectivity index (χ1) is 9.51. The zero-order valence-corrected chi connectivity index (χ0v) is 10.8. The number of pyridine rings is 1. The molecule has 1 amide bonds. The van der Waals surface area contributed by atoms with Crippen LogP contribution in [0.1, 0.15) is 16.1 Å². The predicted molar refractivity (Wildman–Crippen MR) is 71.3 cm³/mol. The van der Waals surface area contributed by atoms with E-state index in [1.165, 1.54) is 23.0 Å². The van der Waals surface area contributed by atoms with Crippen molar-refractivity contribution in [3.63, 3.8) is 0 Å². The van der Waals surface area contributed by atoms with Gasteiger partial charge >= 0.3 is 5.69 Å². The molecule has 0 radical (unpaired) electrons. The van der Waals surface area contributed by atoms with E-state index in [9.17, 15) is 14.4 Å². The minimum Gasteiger partial charge on any atom is -0.293 e. The van der Waals surface area contributed by atoms with Gasteiger partial charge in [0.1, 0.15) is 5.02 Å². The van der Waals surface area contributed by atoms with E-state index in [-0.39, 0.29) is 11.6 Å². The standard InChI is InChI=1S/C11H10ClN5O3/c12-8-5-17(11(20)15-10(8)19)4-7-2-1-6(3-14-7)9(18)16-13/h1-3,5H,4,13H2,(H,16,18)(H,15,19,20). The second-order valence-electron chi connectivity index (χ2n) is 3.88. The number of nitrogens with one attached hydrogen (secondary N) is 2. The number of H-pyrrole nitrogens is 1. The van der Waals surface area contributed by atoms with Crippen molar-refractivity contribution in [2.24, 2.45) is 5.84 Å². The van der Waals surface area contributed by atoms with E-state index in [4.69, 9.17) is 17.4 Å². The molecule has 8 nitrogen and oxygen atoms in total. The Morgan fingerprint density at radius 1 is 1.45 bits per heavy atom. The lowest BCUT2D eigenvalue weighted by molar-refractivity contribution is 0.0953. The van der Waals surface area contributed by atoms with E-state index in [2.05, 4.69) is 9.97 Å². The molecule has 9 heteroatoms. The van der Waals surface area contributed by atoms with Crippen LogP contribution >= 0.6 is 11.6 Å². The Morgan fingerprint density at radius 2 is 2.20 bits per heavy atom. The van der Waals surface area contributed by atoms with E-state index in [0.29, 0.717) is 11.3 Å². The maximum absolute atomic E-state index is 11.6. The maximum Gasteiger partial charge on any atom is 0.328 e. The number of rotatable bonds is 3. The Hall–Kier alpha value is -2.45. The number of nitrogen functional groups attached to an aromatic ring is 1. The summed E-state index contributed by atoms with van der Waals surface area (Å²) < 4.78 is 1.20. The van der Waals surface area contributed by atoms with Crippen molar-refractivity contribution in [3.8, 4) is 0 Å². The number of hydrazine groups is 1. The van der Waals surface area contributed by atoms with Crippen LogP contribution in [0.4, 0.5) is 0 Å². The SMILES string of the molecule is NNC(=O)c1ccc(Cn2cc(Cl)c(=O)[nH]c2=O)nc1. The van der Waals surface area contributed by atoms with E-state index >= 15 is 0 Å². The van der Waals surface area contributed by atoms with E-state index in [1.54, 1.807) is 6.07 Å². The number of amides is 1. The summed E-state index contributed by atoms with van der Waals surface area (Å²) in [6.45, 7) is 0.111. The van der Waals surface area contributed by atoms with Crippen LogP contribution in [0.25, 0.3) is 0 Å². The number of nitrogens with zero attached hydrogens (tertiary/aromatic N) is 2. The number of hydrogen-bond acceptors (Lipinski definition) is 5. The molecule has 0 aliphatic heterocycles. The fourth-order valence-corrected chi connectivity index (χ4v) is 1.68. The van der Waals surface area contributed by atoms with Gasteiger partial charge in [0.2, 0.25) is 0 Å². The first kappa shape index (κ1) is 14.0. The van der Waals surface area contributed by atoms with Gasteiger partial charge in [-0.05, 0) is 12.1 Å². The molecule has 0 saturated heterocycles. The van der Waals surface area contributed by atoms with Crippen LogP contribution in [-0.2, 0) is 6.54 Å². The normalized spacial score (nSPS) is 10.3. The van der Waals surface area contributed by atoms with Gasteiger partial charge < -0.3 is 0 Å². The molecule has 0 atom stereocenters. The van der Waals surface area contributed by atoms with Gasteiger partial charge in [-0.1, -0.05) is 11.6 Å². The highest BCUT2D eigenvalue weighted by Gasteiger charge is 2.06. The predicted octanol–water partition coefficient (Wildman–Crippen LogP) is -0.763. The lowest BCUT2D eigenvalue weighted by Crippen LogP contribution is -2.31. The van der Waals surface area contributed by atoms with Gasteiger partial charge in [0.05, 0.1) is 17.8 Å². The molecule has 0 unspecified atom stereocenters. The van der Waals surface area contributed by atoms with Gasteiger partial charge in [0.25, 0.3) is 11.5 Å². The van der Waals surface area contributed by atoms with Crippen molar-refractivity contribution in [3.05, 3.63) is 61.6 Å². The molecule has 20 heavy (non-hydrogen) atoms. The molecular formula is C11H10ClN5O3. The Balaban J connectivity index is 2.27. The molecule has 0 aliphatic carbocycles. The van der Waals surface area contributed by atoms with Crippen molar-refractivity contribution < 1.29 is 4.79 Å². The summed E-state index contributed by atoms with van der Waals surface area (Å²) in [5, 5.41) is -0.0938. The van der Waals surface area contributed by atoms with E-state index < -0.39 is 17.2 Å². The van der Waals surface area contributed by atoms with E-state index in [0.717, 1.165) is 0 Å². The molecule has 0 aliphatic rings. The molecule has 0 fully saturated rings. The summed E-state index contributed by atoms with van der Waals surface area (Å²) in [7, 11) is 0. The molecule has 2 aromatic heterocycles. The first-order valence-electron chi connectivity index (χ1n) is 5.46. The number of halogens is 1. The minimum atomic E-state index is -0.643. The monoisotopic (exact) mass is 295 g/mol. The van der Waals surface area contributed by atoms with Gasteiger partial charge in [-0.2, -0.15) is 0 Å². The molecule has 0 saturated carbocycles. The van der Waals surface area contributed by atoms with Crippen molar-refractivity contribution in [2.75, 3.05) is 0 Å². The molecular weight excluding hydrogens is 286 g/mol. The molecule has 0 aromatic carbocycles. The first-order valence-corrected chi connectivity index (χ1v) is 5.84. The molecule has 2 aromatic rings. The van der Waals surface area contributed by atoms with Crippen molar-refractivity contribution in [1.29, 1.82) is 0 Å². The number of aromatic amines is 1. The summed E-state index contributed by atoms with van der Waals surface area (Å²) in [5.74, 6) is 4.53. The topological polar surface area (TPSA) is 123 Å². The largest absolute Gasteiger partial charge is 0.328 e. The lowest BCUT2D eigenvalue weighted by Gasteiger charge is -2.05. The number of hydrogen-bond donors (Lipinski definition) is 3. The Labute approximate surface area is 117 Å². The quantitative estimate of drug-likeness (QED) is 0.390. The molecule has 2 heterocycles. The average molecular weight is 296 g/mol. The van der Waals surface area contributed by atoms with Gasteiger partial charge in [0, 0.05) is 12.4 Å². The highest BCUT2D eigenvalue weighted by Crippen LogP contribution is 2.03. The van der Waals surface area contributed by atoms with Gasteiger partial charge in [0.15, 0.2) is 0 Å². The van der Waals surface area contributed by atoms with Crippen molar-refractivity contribution in [1.82, 2.24) is 20.0 Å². The highest BCUT2D eigenvalue weighted by atomic mass is 35.5. The zero-order valence-electron chi connectivity index (χ0n) is 10.1. The minimum absolute atomic E-state index is 0.0938. The van der Waals surface area contributed by atoms with Crippen LogP contribution in [0.15, 0.2) is 34.1 Å². The number of carbonyl (C=O) groups excluding carboxylic acids is 1. The van der Waals surface area contributed by atoms with Crippen LogP contribution in [-0.4, -0.2) is 20.4 Å². The second-order valence-corrected chi connectivity index (χ2v) is 4.28. The van der Waals surface area contributed by atoms with Gasteiger partial charge in [-0.3, -0.25) is 29.5 Å².